The number of aliphatic hydroxyl groups excluding tert-OH is 1. The van der Waals surface area contributed by atoms with Gasteiger partial charge in [0.2, 0.25) is 0 Å². The molecule has 1 aromatic heterocycles. The molecule has 5 heteroatoms. The van der Waals surface area contributed by atoms with Gasteiger partial charge in [-0.05, 0) is 18.2 Å². The van der Waals surface area contributed by atoms with Crippen molar-refractivity contribution in [3.05, 3.63) is 53.3 Å². The number of hydrogen-bond donors (Lipinski definition) is 3. The van der Waals surface area contributed by atoms with Crippen LogP contribution < -0.4 is 5.32 Å². The summed E-state index contributed by atoms with van der Waals surface area (Å²) in [6.07, 6.45) is 0. The molecule has 1 amide bonds. The van der Waals surface area contributed by atoms with Crippen LogP contribution in [0, 0.1) is 0 Å². The van der Waals surface area contributed by atoms with Gasteiger partial charge < -0.3 is 20.3 Å². The molecule has 0 aliphatic heterocycles. The van der Waals surface area contributed by atoms with Gasteiger partial charge in [0, 0.05) is 31.0 Å². The van der Waals surface area contributed by atoms with E-state index in [1.54, 1.807) is 20.2 Å². The first-order valence-corrected chi connectivity index (χ1v) is 6.44. The van der Waals surface area contributed by atoms with Crippen molar-refractivity contribution in [2.75, 3.05) is 19.4 Å². The van der Waals surface area contributed by atoms with Gasteiger partial charge in [-0.3, -0.25) is 4.79 Å². The Morgan fingerprint density at radius 3 is 2.70 bits per heavy atom. The maximum absolute atomic E-state index is 11.8. The molecule has 1 aromatic carbocycles. The van der Waals surface area contributed by atoms with Gasteiger partial charge in [-0.2, -0.15) is 0 Å². The predicted octanol–water partition coefficient (Wildman–Crippen LogP) is 1.82. The number of nitrogens with one attached hydrogen (secondary N) is 2. The Morgan fingerprint density at radius 2 is 2.00 bits per heavy atom. The largest absolute Gasteiger partial charge is 0.392 e. The molecular formula is C15H19N3O2. The first-order valence-electron chi connectivity index (χ1n) is 6.44. The number of hydrogen-bond acceptors (Lipinski definition) is 3. The summed E-state index contributed by atoms with van der Waals surface area (Å²) >= 11 is 0. The van der Waals surface area contributed by atoms with E-state index in [9.17, 15) is 9.90 Å². The first kappa shape index (κ1) is 14.1. The van der Waals surface area contributed by atoms with Crippen LogP contribution in [-0.2, 0) is 13.2 Å². The maximum atomic E-state index is 11.8. The van der Waals surface area contributed by atoms with Crippen LogP contribution >= 0.6 is 0 Å². The zero-order valence-electron chi connectivity index (χ0n) is 11.7. The average molecular weight is 273 g/mol. The highest BCUT2D eigenvalue weighted by Gasteiger charge is 2.10. The number of aliphatic hydroxyl groups is 1. The van der Waals surface area contributed by atoms with Crippen LogP contribution in [-0.4, -0.2) is 35.0 Å². The topological polar surface area (TPSA) is 68.4 Å². The Balaban J connectivity index is 2.03. The Labute approximate surface area is 118 Å². The molecule has 0 radical (unpaired) electrons. The third-order valence-electron chi connectivity index (χ3n) is 3.04. The summed E-state index contributed by atoms with van der Waals surface area (Å²) in [6, 6.07) is 11.2. The van der Waals surface area contributed by atoms with Gasteiger partial charge in [-0.1, -0.05) is 18.2 Å². The summed E-state index contributed by atoms with van der Waals surface area (Å²) < 4.78 is 0. The smallest absolute Gasteiger partial charge is 0.269 e. The van der Waals surface area contributed by atoms with Crippen molar-refractivity contribution in [1.82, 2.24) is 9.88 Å². The Kier molecular flexibility index (Phi) is 4.42. The van der Waals surface area contributed by atoms with Crippen LogP contribution in [0.5, 0.6) is 0 Å². The Hall–Kier alpha value is -2.27. The van der Waals surface area contributed by atoms with Crippen molar-refractivity contribution in [2.45, 2.75) is 13.2 Å². The minimum Gasteiger partial charge on any atom is -0.392 e. The Bertz CT molecular complexity index is 590. The van der Waals surface area contributed by atoms with E-state index in [1.165, 1.54) is 4.90 Å². The number of aromatic amines is 1. The molecule has 1 heterocycles. The zero-order valence-corrected chi connectivity index (χ0v) is 11.7. The molecule has 0 aliphatic carbocycles. The highest BCUT2D eigenvalue weighted by atomic mass is 16.3. The van der Waals surface area contributed by atoms with Crippen molar-refractivity contribution in [2.24, 2.45) is 0 Å². The second-order valence-corrected chi connectivity index (χ2v) is 4.77. The lowest BCUT2D eigenvalue weighted by Crippen LogP contribution is -2.22. The summed E-state index contributed by atoms with van der Waals surface area (Å²) in [7, 11) is 3.44. The van der Waals surface area contributed by atoms with Gasteiger partial charge >= 0.3 is 0 Å². The number of nitrogens with zero attached hydrogens (tertiary/aromatic N) is 1. The molecule has 2 aromatic rings. The van der Waals surface area contributed by atoms with Gasteiger partial charge in [0.25, 0.3) is 5.91 Å². The minimum absolute atomic E-state index is 0.00172. The molecule has 0 bridgehead atoms. The number of carbonyl (C=O) groups excluding carboxylic acids is 1. The third kappa shape index (κ3) is 3.19. The zero-order chi connectivity index (χ0) is 14.5. The lowest BCUT2D eigenvalue weighted by atomic mass is 10.2. The van der Waals surface area contributed by atoms with Gasteiger partial charge in [-0.15, -0.1) is 0 Å². The molecule has 2 rings (SSSR count). The molecule has 0 atom stereocenters. The monoisotopic (exact) mass is 273 g/mol. The fraction of sp³-hybridized carbons (Fsp3) is 0.267. The molecule has 0 fully saturated rings. The number of aromatic nitrogens is 1. The van der Waals surface area contributed by atoms with E-state index >= 15 is 0 Å². The number of H-pyrrole nitrogens is 1. The van der Waals surface area contributed by atoms with Crippen LogP contribution in [0.2, 0.25) is 0 Å². The van der Waals surface area contributed by atoms with Crippen LogP contribution in [0.3, 0.4) is 0 Å². The van der Waals surface area contributed by atoms with E-state index in [-0.39, 0.29) is 12.5 Å². The standard InChI is InChI=1S/C15H19N3O2/c1-18(2)15(20)14-8-7-12(17-14)9-16-13-6-4-3-5-11(13)10-19/h3-8,16-17,19H,9-10H2,1-2H3. The number of anilines is 1. The normalized spacial score (nSPS) is 10.3. The summed E-state index contributed by atoms with van der Waals surface area (Å²) in [5.41, 5.74) is 3.24. The second-order valence-electron chi connectivity index (χ2n) is 4.77. The van der Waals surface area contributed by atoms with Gasteiger partial charge in [0.05, 0.1) is 13.2 Å². The van der Waals surface area contributed by atoms with Crippen molar-refractivity contribution < 1.29 is 9.90 Å². The van der Waals surface area contributed by atoms with E-state index in [1.807, 2.05) is 30.3 Å². The molecule has 0 saturated heterocycles. The number of para-hydroxylation sites is 1. The van der Waals surface area contributed by atoms with Crippen molar-refractivity contribution >= 4 is 11.6 Å². The molecule has 0 saturated carbocycles. The van der Waals surface area contributed by atoms with E-state index in [2.05, 4.69) is 10.3 Å². The first-order chi connectivity index (χ1) is 9.61. The van der Waals surface area contributed by atoms with E-state index < -0.39 is 0 Å². The summed E-state index contributed by atoms with van der Waals surface area (Å²) in [5.74, 6) is -0.0491. The van der Waals surface area contributed by atoms with Crippen LogP contribution in [0.15, 0.2) is 36.4 Å². The third-order valence-corrected chi connectivity index (χ3v) is 3.04. The van der Waals surface area contributed by atoms with Crippen LogP contribution in [0.25, 0.3) is 0 Å². The van der Waals surface area contributed by atoms with Gasteiger partial charge in [0.15, 0.2) is 0 Å². The fourth-order valence-electron chi connectivity index (χ4n) is 1.93. The van der Waals surface area contributed by atoms with Crippen molar-refractivity contribution in [1.29, 1.82) is 0 Å². The molecular weight excluding hydrogens is 254 g/mol. The quantitative estimate of drug-likeness (QED) is 0.778. The lowest BCUT2D eigenvalue weighted by Gasteiger charge is -2.10. The van der Waals surface area contributed by atoms with Crippen LogP contribution in [0.4, 0.5) is 5.69 Å². The summed E-state index contributed by atoms with van der Waals surface area (Å²) in [4.78, 5) is 16.4. The minimum atomic E-state index is -0.0491. The Morgan fingerprint density at radius 1 is 1.25 bits per heavy atom. The fourth-order valence-corrected chi connectivity index (χ4v) is 1.93. The molecule has 20 heavy (non-hydrogen) atoms. The molecule has 0 unspecified atom stereocenters. The van der Waals surface area contributed by atoms with E-state index in [4.69, 9.17) is 0 Å². The summed E-state index contributed by atoms with van der Waals surface area (Å²) in [5, 5.41) is 12.5. The summed E-state index contributed by atoms with van der Waals surface area (Å²) in [6.45, 7) is 0.565. The second kappa shape index (κ2) is 6.25. The predicted molar refractivity (Wildman–Crippen MR) is 78.5 cm³/mol. The highest BCUT2D eigenvalue weighted by Crippen LogP contribution is 2.16. The number of rotatable bonds is 5. The van der Waals surface area contributed by atoms with E-state index in [0.29, 0.717) is 12.2 Å². The van der Waals surface area contributed by atoms with E-state index in [0.717, 1.165) is 16.9 Å². The van der Waals surface area contributed by atoms with Crippen molar-refractivity contribution in [3.8, 4) is 0 Å². The van der Waals surface area contributed by atoms with Gasteiger partial charge in [0.1, 0.15) is 5.69 Å². The molecule has 0 aliphatic rings. The maximum Gasteiger partial charge on any atom is 0.269 e. The SMILES string of the molecule is CN(C)C(=O)c1ccc(CNc2ccccc2CO)[nH]1. The van der Waals surface area contributed by atoms with Crippen molar-refractivity contribution in [3.63, 3.8) is 0 Å². The molecule has 3 N–H and O–H groups in total. The molecule has 5 nitrogen and oxygen atoms in total. The average Bonchev–Trinajstić information content (AvgIpc) is 2.93. The lowest BCUT2D eigenvalue weighted by molar-refractivity contribution is 0.0822. The number of benzene rings is 1. The molecule has 106 valence electrons. The van der Waals surface area contributed by atoms with Crippen LogP contribution in [0.1, 0.15) is 21.7 Å². The van der Waals surface area contributed by atoms with Gasteiger partial charge in [-0.25, -0.2) is 0 Å². The number of amides is 1. The molecule has 0 spiro atoms. The number of carbonyl (C=O) groups is 1. The highest BCUT2D eigenvalue weighted by molar-refractivity contribution is 5.92.